The van der Waals surface area contributed by atoms with Crippen molar-refractivity contribution in [3.8, 4) is 0 Å². The van der Waals surface area contributed by atoms with Crippen LogP contribution in [0.3, 0.4) is 0 Å². The SMILES string of the molecule is CN(CCN(C)C(=O)Nc1ccccc1Cl)C(=O)Nc1ccccc1Cl. The molecule has 0 aromatic heterocycles. The number of benzene rings is 2. The van der Waals surface area contributed by atoms with Crippen LogP contribution in [0.25, 0.3) is 0 Å². The van der Waals surface area contributed by atoms with Crippen LogP contribution >= 0.6 is 23.2 Å². The van der Waals surface area contributed by atoms with Crippen molar-refractivity contribution in [1.29, 1.82) is 0 Å². The van der Waals surface area contributed by atoms with Crippen molar-refractivity contribution < 1.29 is 9.59 Å². The summed E-state index contributed by atoms with van der Waals surface area (Å²) in [7, 11) is 3.29. The Labute approximate surface area is 162 Å². The molecule has 0 spiro atoms. The summed E-state index contributed by atoms with van der Waals surface area (Å²) in [5.41, 5.74) is 1.08. The topological polar surface area (TPSA) is 64.7 Å². The average Bonchev–Trinajstić information content (AvgIpc) is 2.63. The predicted molar refractivity (Wildman–Crippen MR) is 106 cm³/mol. The number of halogens is 2. The molecule has 26 heavy (non-hydrogen) atoms. The van der Waals surface area contributed by atoms with E-state index in [4.69, 9.17) is 23.2 Å². The summed E-state index contributed by atoms with van der Waals surface area (Å²) in [6.45, 7) is 0.700. The fourth-order valence-electron chi connectivity index (χ4n) is 2.05. The monoisotopic (exact) mass is 394 g/mol. The van der Waals surface area contributed by atoms with E-state index in [1.165, 1.54) is 9.80 Å². The third kappa shape index (κ3) is 5.54. The zero-order chi connectivity index (χ0) is 19.1. The van der Waals surface area contributed by atoms with Crippen LogP contribution in [-0.2, 0) is 0 Å². The molecule has 0 fully saturated rings. The Hall–Kier alpha value is -2.44. The van der Waals surface area contributed by atoms with Gasteiger partial charge < -0.3 is 20.4 Å². The molecule has 0 aliphatic rings. The van der Waals surface area contributed by atoms with E-state index in [1.807, 2.05) is 0 Å². The number of nitrogens with zero attached hydrogens (tertiary/aromatic N) is 2. The molecule has 2 rings (SSSR count). The molecule has 8 heteroatoms. The molecule has 0 saturated heterocycles. The van der Waals surface area contributed by atoms with Gasteiger partial charge in [0.1, 0.15) is 0 Å². The normalized spacial score (nSPS) is 10.2. The number of likely N-dealkylation sites (N-methyl/N-ethyl adjacent to an activating group) is 2. The van der Waals surface area contributed by atoms with E-state index in [0.717, 1.165) is 0 Å². The summed E-state index contributed by atoms with van der Waals surface area (Å²) in [5.74, 6) is 0. The molecule has 138 valence electrons. The molecular formula is C18H20Cl2N4O2. The Balaban J connectivity index is 1.83. The van der Waals surface area contributed by atoms with Crippen LogP contribution in [0.15, 0.2) is 48.5 Å². The van der Waals surface area contributed by atoms with Gasteiger partial charge >= 0.3 is 12.1 Å². The standard InChI is InChI=1S/C18H20Cl2N4O2/c1-23(17(25)21-15-9-5-3-7-13(15)19)11-12-24(2)18(26)22-16-10-6-4-8-14(16)20/h3-10H,11-12H2,1-2H3,(H,21,25)(H,22,26). The van der Waals surface area contributed by atoms with Crippen molar-refractivity contribution in [1.82, 2.24) is 9.80 Å². The van der Waals surface area contributed by atoms with Gasteiger partial charge in [-0.3, -0.25) is 0 Å². The number of para-hydroxylation sites is 2. The molecule has 0 aliphatic carbocycles. The predicted octanol–water partition coefficient (Wildman–Crippen LogP) is 4.62. The highest BCUT2D eigenvalue weighted by molar-refractivity contribution is 6.34. The fraction of sp³-hybridized carbons (Fsp3) is 0.222. The van der Waals surface area contributed by atoms with Gasteiger partial charge in [-0.1, -0.05) is 47.5 Å². The minimum absolute atomic E-state index is 0.307. The summed E-state index contributed by atoms with van der Waals surface area (Å²) in [6.07, 6.45) is 0. The summed E-state index contributed by atoms with van der Waals surface area (Å²) in [5, 5.41) is 6.38. The van der Waals surface area contributed by atoms with Crippen LogP contribution in [0, 0.1) is 0 Å². The van der Waals surface area contributed by atoms with Crippen molar-refractivity contribution in [3.63, 3.8) is 0 Å². The number of amides is 4. The fourth-order valence-corrected chi connectivity index (χ4v) is 2.42. The number of anilines is 2. The second kappa shape index (κ2) is 9.31. The number of hydrogen-bond acceptors (Lipinski definition) is 2. The summed E-state index contributed by atoms with van der Waals surface area (Å²) in [6, 6.07) is 13.4. The number of urea groups is 2. The Bertz CT molecular complexity index is 720. The second-order valence-corrected chi connectivity index (χ2v) is 6.48. The first kappa shape index (κ1) is 19.9. The van der Waals surface area contributed by atoms with Crippen molar-refractivity contribution in [2.45, 2.75) is 0 Å². The van der Waals surface area contributed by atoms with E-state index in [9.17, 15) is 9.59 Å². The molecule has 4 amide bonds. The van der Waals surface area contributed by atoms with Crippen LogP contribution < -0.4 is 10.6 Å². The molecule has 2 aromatic rings. The van der Waals surface area contributed by atoms with Crippen LogP contribution in [0.5, 0.6) is 0 Å². The highest BCUT2D eigenvalue weighted by Crippen LogP contribution is 2.21. The zero-order valence-electron chi connectivity index (χ0n) is 14.5. The second-order valence-electron chi connectivity index (χ2n) is 5.66. The molecular weight excluding hydrogens is 375 g/mol. The van der Waals surface area contributed by atoms with Crippen molar-refractivity contribution in [2.24, 2.45) is 0 Å². The average molecular weight is 395 g/mol. The molecule has 0 saturated carbocycles. The highest BCUT2D eigenvalue weighted by Gasteiger charge is 2.14. The molecule has 0 atom stereocenters. The molecule has 2 N–H and O–H groups in total. The lowest BCUT2D eigenvalue weighted by Gasteiger charge is -2.23. The first-order valence-corrected chi connectivity index (χ1v) is 8.67. The third-order valence-corrected chi connectivity index (χ3v) is 4.35. The molecule has 2 aromatic carbocycles. The van der Waals surface area contributed by atoms with Crippen LogP contribution in [0.2, 0.25) is 10.0 Å². The van der Waals surface area contributed by atoms with Gasteiger partial charge in [0, 0.05) is 27.2 Å². The van der Waals surface area contributed by atoms with Crippen LogP contribution in [0.1, 0.15) is 0 Å². The minimum Gasteiger partial charge on any atom is -0.326 e. The quantitative estimate of drug-likeness (QED) is 0.776. The van der Waals surface area contributed by atoms with Crippen molar-refractivity contribution in [3.05, 3.63) is 58.6 Å². The maximum absolute atomic E-state index is 12.2. The van der Waals surface area contributed by atoms with Gasteiger partial charge in [0.25, 0.3) is 0 Å². The van der Waals surface area contributed by atoms with Gasteiger partial charge in [0.05, 0.1) is 21.4 Å². The van der Waals surface area contributed by atoms with Gasteiger partial charge in [0.15, 0.2) is 0 Å². The first-order valence-electron chi connectivity index (χ1n) is 7.92. The number of hydrogen-bond donors (Lipinski definition) is 2. The summed E-state index contributed by atoms with van der Waals surface area (Å²) >= 11 is 12.1. The van der Waals surface area contributed by atoms with Crippen molar-refractivity contribution >= 4 is 46.6 Å². The number of nitrogens with one attached hydrogen (secondary N) is 2. The smallest absolute Gasteiger partial charge is 0.321 e. The molecule has 0 heterocycles. The van der Waals surface area contributed by atoms with Gasteiger partial charge in [-0.25, -0.2) is 9.59 Å². The lowest BCUT2D eigenvalue weighted by atomic mass is 10.3. The van der Waals surface area contributed by atoms with Gasteiger partial charge in [-0.2, -0.15) is 0 Å². The first-order chi connectivity index (χ1) is 12.4. The molecule has 0 aliphatic heterocycles. The van der Waals surface area contributed by atoms with E-state index >= 15 is 0 Å². The number of rotatable bonds is 5. The van der Waals surface area contributed by atoms with E-state index in [0.29, 0.717) is 34.5 Å². The molecule has 0 unspecified atom stereocenters. The van der Waals surface area contributed by atoms with Crippen molar-refractivity contribution in [2.75, 3.05) is 37.8 Å². The Morgan fingerprint density at radius 3 is 1.46 bits per heavy atom. The third-order valence-electron chi connectivity index (χ3n) is 3.70. The van der Waals surface area contributed by atoms with Crippen LogP contribution in [0.4, 0.5) is 21.0 Å². The van der Waals surface area contributed by atoms with Gasteiger partial charge in [0.2, 0.25) is 0 Å². The Morgan fingerprint density at radius 1 is 0.769 bits per heavy atom. The zero-order valence-corrected chi connectivity index (χ0v) is 16.0. The maximum atomic E-state index is 12.2. The van der Waals surface area contributed by atoms with E-state index in [-0.39, 0.29) is 12.1 Å². The summed E-state index contributed by atoms with van der Waals surface area (Å²) in [4.78, 5) is 27.4. The molecule has 0 radical (unpaired) electrons. The summed E-state index contributed by atoms with van der Waals surface area (Å²) < 4.78 is 0. The largest absolute Gasteiger partial charge is 0.326 e. The minimum atomic E-state index is -0.307. The molecule has 6 nitrogen and oxygen atoms in total. The lowest BCUT2D eigenvalue weighted by Crippen LogP contribution is -2.40. The number of carbonyl (C=O) groups excluding carboxylic acids is 2. The lowest BCUT2D eigenvalue weighted by molar-refractivity contribution is 0.205. The van der Waals surface area contributed by atoms with E-state index in [2.05, 4.69) is 10.6 Å². The molecule has 0 bridgehead atoms. The maximum Gasteiger partial charge on any atom is 0.321 e. The van der Waals surface area contributed by atoms with Gasteiger partial charge in [-0.15, -0.1) is 0 Å². The van der Waals surface area contributed by atoms with Crippen LogP contribution in [-0.4, -0.2) is 49.0 Å². The number of carbonyl (C=O) groups is 2. The Morgan fingerprint density at radius 2 is 1.12 bits per heavy atom. The Kier molecular flexibility index (Phi) is 7.12. The van der Waals surface area contributed by atoms with E-state index in [1.54, 1.807) is 62.6 Å². The van der Waals surface area contributed by atoms with E-state index < -0.39 is 0 Å². The highest BCUT2D eigenvalue weighted by atomic mass is 35.5. The van der Waals surface area contributed by atoms with Gasteiger partial charge in [-0.05, 0) is 24.3 Å².